The van der Waals surface area contributed by atoms with Gasteiger partial charge in [-0.1, -0.05) is 25.4 Å². The Bertz CT molecular complexity index is 682. The zero-order chi connectivity index (χ0) is 18.5. The third-order valence-electron chi connectivity index (χ3n) is 3.04. The van der Waals surface area contributed by atoms with Crippen LogP contribution >= 0.6 is 11.6 Å². The van der Waals surface area contributed by atoms with Crippen LogP contribution in [0.3, 0.4) is 0 Å². The zero-order valence-corrected chi connectivity index (χ0v) is 14.6. The molecule has 2 N–H and O–H groups in total. The van der Waals surface area contributed by atoms with Crippen LogP contribution in [0, 0.1) is 11.8 Å². The van der Waals surface area contributed by atoms with Crippen LogP contribution in [0.5, 0.6) is 5.75 Å². The van der Waals surface area contributed by atoms with Crippen molar-refractivity contribution >= 4 is 27.6 Å². The molecule has 0 radical (unpaired) electrons. The molecule has 0 saturated carbocycles. The normalized spacial score (nSPS) is 13.3. The quantitative estimate of drug-likeness (QED) is 0.681. The molecule has 0 saturated heterocycles. The van der Waals surface area contributed by atoms with Crippen molar-refractivity contribution in [2.24, 2.45) is 11.8 Å². The van der Waals surface area contributed by atoms with Gasteiger partial charge in [-0.2, -0.15) is 8.78 Å². The molecule has 0 aromatic heterocycles. The summed E-state index contributed by atoms with van der Waals surface area (Å²) in [4.78, 5) is 10.6. The minimum Gasteiger partial charge on any atom is -0.481 e. The second-order valence-electron chi connectivity index (χ2n) is 5.49. The molecule has 0 heterocycles. The molecule has 0 spiro atoms. The average Bonchev–Trinajstić information content (AvgIpc) is 2.44. The van der Waals surface area contributed by atoms with Gasteiger partial charge in [0.25, 0.3) is 0 Å². The van der Waals surface area contributed by atoms with Crippen LogP contribution in [0.15, 0.2) is 23.1 Å². The zero-order valence-electron chi connectivity index (χ0n) is 13.0. The van der Waals surface area contributed by atoms with E-state index in [0.717, 1.165) is 12.1 Å². The van der Waals surface area contributed by atoms with Crippen molar-refractivity contribution in [3.8, 4) is 5.75 Å². The number of ether oxygens (including phenoxy) is 1. The van der Waals surface area contributed by atoms with Crippen molar-refractivity contribution in [3.05, 3.63) is 23.2 Å². The highest BCUT2D eigenvalue weighted by atomic mass is 35.5. The first-order chi connectivity index (χ1) is 11.0. The number of sulfonamides is 1. The summed E-state index contributed by atoms with van der Waals surface area (Å²) in [6, 6.07) is 3.17. The molecule has 0 amide bonds. The van der Waals surface area contributed by atoms with Crippen molar-refractivity contribution in [1.82, 2.24) is 4.72 Å². The summed E-state index contributed by atoms with van der Waals surface area (Å²) in [6.45, 7) is 0.00969. The molecule has 0 fully saturated rings. The van der Waals surface area contributed by atoms with Gasteiger partial charge >= 0.3 is 12.6 Å². The summed E-state index contributed by atoms with van der Waals surface area (Å²) in [5.41, 5.74) is 0. The minimum absolute atomic E-state index is 0.00829. The largest absolute Gasteiger partial charge is 0.481 e. The molecule has 136 valence electrons. The summed E-state index contributed by atoms with van der Waals surface area (Å²) in [7, 11) is -4.28. The van der Waals surface area contributed by atoms with E-state index in [4.69, 9.17) is 16.7 Å². The third kappa shape index (κ3) is 6.21. The van der Waals surface area contributed by atoms with E-state index < -0.39 is 39.2 Å². The first kappa shape index (κ1) is 20.6. The average molecular weight is 386 g/mol. The number of carbonyl (C=O) groups is 1. The summed E-state index contributed by atoms with van der Waals surface area (Å²) in [5.74, 6) is -2.63. The number of carboxylic acid groups (broad SMARTS) is 1. The molecule has 1 rings (SSSR count). The monoisotopic (exact) mass is 385 g/mol. The Morgan fingerprint density at radius 1 is 1.38 bits per heavy atom. The number of rotatable bonds is 9. The Balaban J connectivity index is 3.03. The number of alkyl halides is 2. The Hall–Kier alpha value is -1.45. The van der Waals surface area contributed by atoms with E-state index in [9.17, 15) is 22.0 Å². The van der Waals surface area contributed by atoms with Crippen LogP contribution in [0.4, 0.5) is 8.78 Å². The molecule has 0 aliphatic carbocycles. The van der Waals surface area contributed by atoms with E-state index in [1.165, 1.54) is 6.07 Å². The van der Waals surface area contributed by atoms with Gasteiger partial charge in [-0.3, -0.25) is 4.79 Å². The van der Waals surface area contributed by atoms with Gasteiger partial charge in [0.1, 0.15) is 10.6 Å². The van der Waals surface area contributed by atoms with Gasteiger partial charge in [0.05, 0.1) is 5.92 Å². The van der Waals surface area contributed by atoms with E-state index >= 15 is 0 Å². The summed E-state index contributed by atoms with van der Waals surface area (Å²) in [5, 5.41) is 9.14. The lowest BCUT2D eigenvalue weighted by atomic mass is 9.98. The topological polar surface area (TPSA) is 92.7 Å². The summed E-state index contributed by atoms with van der Waals surface area (Å²) < 4.78 is 55.7. The Morgan fingerprint density at radius 2 is 2.00 bits per heavy atom. The van der Waals surface area contributed by atoms with Crippen molar-refractivity contribution < 1.29 is 31.8 Å². The molecular weight excluding hydrogens is 368 g/mol. The molecule has 1 aromatic carbocycles. The van der Waals surface area contributed by atoms with Gasteiger partial charge in [0.2, 0.25) is 10.0 Å². The predicted octanol–water partition coefficient (Wildman–Crippen LogP) is 2.97. The second-order valence-corrected chi connectivity index (χ2v) is 7.66. The second kappa shape index (κ2) is 8.59. The molecule has 24 heavy (non-hydrogen) atoms. The van der Waals surface area contributed by atoms with Gasteiger partial charge < -0.3 is 9.84 Å². The number of hydrogen-bond donors (Lipinski definition) is 2. The maximum Gasteiger partial charge on any atom is 0.387 e. The van der Waals surface area contributed by atoms with Crippen LogP contribution < -0.4 is 9.46 Å². The molecule has 0 aliphatic heterocycles. The lowest BCUT2D eigenvalue weighted by molar-refractivity contribution is -0.142. The molecule has 1 unspecified atom stereocenters. The van der Waals surface area contributed by atoms with Crippen LogP contribution in [0.1, 0.15) is 20.3 Å². The van der Waals surface area contributed by atoms with E-state index in [2.05, 4.69) is 9.46 Å². The highest BCUT2D eigenvalue weighted by Gasteiger charge is 2.26. The van der Waals surface area contributed by atoms with Crippen molar-refractivity contribution in [2.75, 3.05) is 6.54 Å². The van der Waals surface area contributed by atoms with Crippen LogP contribution in [0.2, 0.25) is 5.02 Å². The smallest absolute Gasteiger partial charge is 0.387 e. The molecular formula is C14H18ClF2NO5S. The predicted molar refractivity (Wildman–Crippen MR) is 83.9 cm³/mol. The van der Waals surface area contributed by atoms with Crippen molar-refractivity contribution in [3.63, 3.8) is 0 Å². The van der Waals surface area contributed by atoms with Gasteiger partial charge in [-0.05, 0) is 30.5 Å². The highest BCUT2D eigenvalue weighted by Crippen LogP contribution is 2.28. The maximum absolute atomic E-state index is 12.4. The fourth-order valence-electron chi connectivity index (χ4n) is 2.01. The lowest BCUT2D eigenvalue weighted by Gasteiger charge is -2.17. The van der Waals surface area contributed by atoms with Crippen molar-refractivity contribution in [1.29, 1.82) is 0 Å². The van der Waals surface area contributed by atoms with E-state index in [1.807, 2.05) is 0 Å². The summed E-state index contributed by atoms with van der Waals surface area (Å²) in [6.07, 6.45) is 0.258. The fraction of sp³-hybridized carbons (Fsp3) is 0.500. The molecule has 6 nitrogen and oxygen atoms in total. The van der Waals surface area contributed by atoms with E-state index in [1.54, 1.807) is 13.8 Å². The van der Waals surface area contributed by atoms with Gasteiger partial charge in [0.15, 0.2) is 0 Å². The van der Waals surface area contributed by atoms with E-state index in [-0.39, 0.29) is 23.9 Å². The van der Waals surface area contributed by atoms with Gasteiger partial charge in [-0.15, -0.1) is 0 Å². The standard InChI is InChI=1S/C14H18ClF2NO5S/c1-8(2)5-9(13(19)20)7-18-24(21,22)12-6-10(15)3-4-11(12)23-14(16)17/h3-4,6,8-9,14,18H,5,7H2,1-2H3,(H,19,20). The van der Waals surface area contributed by atoms with Crippen LogP contribution in [-0.4, -0.2) is 32.6 Å². The first-order valence-corrected chi connectivity index (χ1v) is 8.86. The number of hydrogen-bond acceptors (Lipinski definition) is 4. The number of nitrogens with one attached hydrogen (secondary N) is 1. The molecule has 10 heteroatoms. The summed E-state index contributed by atoms with van der Waals surface area (Å²) >= 11 is 5.71. The van der Waals surface area contributed by atoms with Gasteiger partial charge in [-0.25, -0.2) is 13.1 Å². The lowest BCUT2D eigenvalue weighted by Crippen LogP contribution is -2.34. The van der Waals surface area contributed by atoms with Crippen LogP contribution in [-0.2, 0) is 14.8 Å². The van der Waals surface area contributed by atoms with Crippen LogP contribution in [0.25, 0.3) is 0 Å². The third-order valence-corrected chi connectivity index (χ3v) is 4.72. The van der Waals surface area contributed by atoms with Crippen molar-refractivity contribution in [2.45, 2.75) is 31.8 Å². The van der Waals surface area contributed by atoms with E-state index in [0.29, 0.717) is 0 Å². The Labute approximate surface area is 143 Å². The Kier molecular flexibility index (Phi) is 7.37. The molecule has 1 aromatic rings. The molecule has 0 aliphatic rings. The van der Waals surface area contributed by atoms with Gasteiger partial charge in [0, 0.05) is 11.6 Å². The fourth-order valence-corrected chi connectivity index (χ4v) is 3.49. The maximum atomic E-state index is 12.4. The molecule has 0 bridgehead atoms. The SMILES string of the molecule is CC(C)CC(CNS(=O)(=O)c1cc(Cl)ccc1OC(F)F)C(=O)O. The molecule has 1 atom stereocenters. The first-order valence-electron chi connectivity index (χ1n) is 6.99. The number of aliphatic carboxylic acids is 1. The number of benzene rings is 1. The number of halogens is 3. The highest BCUT2D eigenvalue weighted by molar-refractivity contribution is 7.89. The Morgan fingerprint density at radius 3 is 2.50 bits per heavy atom. The number of carboxylic acids is 1. The minimum atomic E-state index is -4.28.